The van der Waals surface area contributed by atoms with Gasteiger partial charge in [0.25, 0.3) is 0 Å². The first-order chi connectivity index (χ1) is 17.0. The number of hydrogen-bond acceptors (Lipinski definition) is 6. The average molecular weight is 476 g/mol. The van der Waals surface area contributed by atoms with Crippen molar-refractivity contribution in [1.29, 1.82) is 0 Å². The van der Waals surface area contributed by atoms with Crippen LogP contribution in [0, 0.1) is 0 Å². The van der Waals surface area contributed by atoms with Crippen LogP contribution < -0.4 is 10.1 Å². The lowest BCUT2D eigenvalue weighted by atomic mass is 9.71. The quantitative estimate of drug-likeness (QED) is 0.436. The summed E-state index contributed by atoms with van der Waals surface area (Å²) in [4.78, 5) is 26.9. The van der Waals surface area contributed by atoms with Crippen molar-refractivity contribution < 1.29 is 23.8 Å². The third-order valence-electron chi connectivity index (χ3n) is 6.88. The molecule has 0 radical (unpaired) electrons. The zero-order valence-corrected chi connectivity index (χ0v) is 20.9. The first-order valence-electron chi connectivity index (χ1n) is 12.1. The summed E-state index contributed by atoms with van der Waals surface area (Å²) in [5, 5.41) is 3.40. The molecule has 1 aliphatic heterocycles. The molecule has 0 spiro atoms. The summed E-state index contributed by atoms with van der Waals surface area (Å²) >= 11 is 0. The zero-order chi connectivity index (χ0) is 24.9. The molecule has 0 unspecified atom stereocenters. The molecule has 35 heavy (non-hydrogen) atoms. The van der Waals surface area contributed by atoms with Crippen LogP contribution in [-0.2, 0) is 25.5 Å². The molecule has 1 heterocycles. The molecule has 0 fully saturated rings. The predicted molar refractivity (Wildman–Crippen MR) is 134 cm³/mol. The van der Waals surface area contributed by atoms with Gasteiger partial charge < -0.3 is 19.5 Å². The molecule has 0 saturated heterocycles. The number of rotatable bonds is 8. The number of nitrogens with one attached hydrogen (secondary N) is 1. The minimum Gasteiger partial charge on any atom is -0.497 e. The van der Waals surface area contributed by atoms with Gasteiger partial charge in [0.05, 0.1) is 19.3 Å². The van der Waals surface area contributed by atoms with Crippen LogP contribution in [0.15, 0.2) is 71.1 Å². The fourth-order valence-corrected chi connectivity index (χ4v) is 5.00. The highest BCUT2D eigenvalue weighted by atomic mass is 16.6. The molecule has 2 aromatic rings. The molecule has 6 heteroatoms. The Kier molecular flexibility index (Phi) is 7.71. The first kappa shape index (κ1) is 24.7. The Morgan fingerprint density at radius 3 is 2.29 bits per heavy atom. The van der Waals surface area contributed by atoms with Crippen LogP contribution in [0.25, 0.3) is 0 Å². The number of benzene rings is 2. The van der Waals surface area contributed by atoms with E-state index >= 15 is 0 Å². The maximum absolute atomic E-state index is 13.7. The summed E-state index contributed by atoms with van der Waals surface area (Å²) in [6.45, 7) is 4.46. The summed E-state index contributed by atoms with van der Waals surface area (Å²) in [5.41, 5.74) is 5.99. The average Bonchev–Trinajstić information content (AvgIpc) is 2.88. The number of carbonyl (C=O) groups excluding carboxylic acids is 2. The molecule has 2 aromatic carbocycles. The number of hydrogen-bond donors (Lipinski definition) is 1. The SMILES string of the molecule is CCc1ccc([C@@H]2C(C(=O)OCCOC)=C(C)NC3=C2C(=O)C[C@H](c2ccc(OC)cc2)C3)cc1. The molecule has 0 aromatic heterocycles. The Balaban J connectivity index is 1.72. The van der Waals surface area contributed by atoms with E-state index in [0.29, 0.717) is 30.6 Å². The second-order valence-corrected chi connectivity index (χ2v) is 9.01. The molecule has 184 valence electrons. The lowest BCUT2D eigenvalue weighted by Gasteiger charge is -2.36. The number of dihydropyridines is 1. The zero-order valence-electron chi connectivity index (χ0n) is 20.9. The Bertz CT molecular complexity index is 1140. The summed E-state index contributed by atoms with van der Waals surface area (Å²) in [6.07, 6.45) is 2.01. The number of methoxy groups -OCH3 is 2. The third-order valence-corrected chi connectivity index (χ3v) is 6.88. The van der Waals surface area contributed by atoms with Crippen LogP contribution in [-0.4, -0.2) is 39.2 Å². The van der Waals surface area contributed by atoms with Crippen molar-refractivity contribution in [3.05, 3.63) is 87.8 Å². The number of ketones is 1. The lowest BCUT2D eigenvalue weighted by Crippen LogP contribution is -2.36. The highest BCUT2D eigenvalue weighted by molar-refractivity contribution is 6.04. The van der Waals surface area contributed by atoms with Crippen molar-refractivity contribution in [3.8, 4) is 5.75 Å². The molecular formula is C29H33NO5. The van der Waals surface area contributed by atoms with Crippen LogP contribution >= 0.6 is 0 Å². The van der Waals surface area contributed by atoms with E-state index in [1.807, 2.05) is 43.3 Å². The van der Waals surface area contributed by atoms with Gasteiger partial charge in [-0.25, -0.2) is 4.79 Å². The molecule has 0 saturated carbocycles. The van der Waals surface area contributed by atoms with E-state index in [4.69, 9.17) is 14.2 Å². The van der Waals surface area contributed by atoms with Crippen LogP contribution in [0.5, 0.6) is 5.75 Å². The van der Waals surface area contributed by atoms with E-state index in [-0.39, 0.29) is 18.3 Å². The number of Topliss-reactive ketones (excluding diaryl/α,β-unsaturated/α-hetero) is 1. The van der Waals surface area contributed by atoms with Crippen LogP contribution in [0.4, 0.5) is 0 Å². The Morgan fingerprint density at radius 1 is 0.971 bits per heavy atom. The van der Waals surface area contributed by atoms with E-state index in [1.54, 1.807) is 14.2 Å². The van der Waals surface area contributed by atoms with Crippen molar-refractivity contribution in [2.45, 2.75) is 44.9 Å². The molecule has 4 rings (SSSR count). The lowest BCUT2D eigenvalue weighted by molar-refractivity contribution is -0.140. The van der Waals surface area contributed by atoms with Crippen LogP contribution in [0.3, 0.4) is 0 Å². The number of allylic oxidation sites excluding steroid dienone is 3. The molecule has 6 nitrogen and oxygen atoms in total. The van der Waals surface area contributed by atoms with Gasteiger partial charge in [-0.3, -0.25) is 4.79 Å². The highest BCUT2D eigenvalue weighted by Gasteiger charge is 2.41. The van der Waals surface area contributed by atoms with E-state index in [1.165, 1.54) is 5.56 Å². The van der Waals surface area contributed by atoms with Gasteiger partial charge in [-0.05, 0) is 54.5 Å². The fourth-order valence-electron chi connectivity index (χ4n) is 5.00. The highest BCUT2D eigenvalue weighted by Crippen LogP contribution is 2.45. The maximum Gasteiger partial charge on any atom is 0.336 e. The van der Waals surface area contributed by atoms with Gasteiger partial charge in [0.15, 0.2) is 5.78 Å². The van der Waals surface area contributed by atoms with Gasteiger partial charge in [-0.15, -0.1) is 0 Å². The molecule has 2 atom stereocenters. The molecule has 2 aliphatic rings. The van der Waals surface area contributed by atoms with Gasteiger partial charge in [0.2, 0.25) is 0 Å². The minimum atomic E-state index is -0.462. The number of esters is 1. The Labute approximate surface area is 207 Å². The maximum atomic E-state index is 13.7. The fraction of sp³-hybridized carbons (Fsp3) is 0.379. The molecule has 1 aliphatic carbocycles. The van der Waals surface area contributed by atoms with Gasteiger partial charge in [-0.2, -0.15) is 0 Å². The first-order valence-corrected chi connectivity index (χ1v) is 12.1. The van der Waals surface area contributed by atoms with Gasteiger partial charge in [0, 0.05) is 36.4 Å². The van der Waals surface area contributed by atoms with E-state index < -0.39 is 11.9 Å². The summed E-state index contributed by atoms with van der Waals surface area (Å²) in [6, 6.07) is 16.1. The minimum absolute atomic E-state index is 0.0545. The van der Waals surface area contributed by atoms with Crippen molar-refractivity contribution in [2.75, 3.05) is 27.4 Å². The molecule has 1 N–H and O–H groups in total. The van der Waals surface area contributed by atoms with Crippen molar-refractivity contribution >= 4 is 11.8 Å². The number of carbonyl (C=O) groups is 2. The van der Waals surface area contributed by atoms with E-state index in [2.05, 4.69) is 24.4 Å². The Hall–Kier alpha value is -3.38. The Morgan fingerprint density at radius 2 is 1.66 bits per heavy atom. The summed E-state index contributed by atoms with van der Waals surface area (Å²) in [7, 11) is 3.21. The topological polar surface area (TPSA) is 73.9 Å². The summed E-state index contributed by atoms with van der Waals surface area (Å²) in [5.74, 6) is 0.0203. The summed E-state index contributed by atoms with van der Waals surface area (Å²) < 4.78 is 15.8. The van der Waals surface area contributed by atoms with E-state index in [0.717, 1.165) is 34.7 Å². The largest absolute Gasteiger partial charge is 0.497 e. The van der Waals surface area contributed by atoms with Crippen molar-refractivity contribution in [1.82, 2.24) is 5.32 Å². The standard InChI is InChI=1S/C29H33NO5/c1-5-19-6-8-21(9-7-19)27-26(29(32)35-15-14-33-3)18(2)30-24-16-22(17-25(31)28(24)27)20-10-12-23(34-4)13-11-20/h6-13,22,27,30H,5,14-17H2,1-4H3/t22-,27-/m1/s1. The van der Waals surface area contributed by atoms with Gasteiger partial charge in [-0.1, -0.05) is 43.3 Å². The normalized spacial score (nSPS) is 19.8. The second-order valence-electron chi connectivity index (χ2n) is 9.01. The molecular weight excluding hydrogens is 442 g/mol. The van der Waals surface area contributed by atoms with E-state index in [9.17, 15) is 9.59 Å². The molecule has 0 amide bonds. The second kappa shape index (κ2) is 10.9. The smallest absolute Gasteiger partial charge is 0.336 e. The van der Waals surface area contributed by atoms with Crippen molar-refractivity contribution in [2.24, 2.45) is 0 Å². The van der Waals surface area contributed by atoms with Gasteiger partial charge >= 0.3 is 5.97 Å². The van der Waals surface area contributed by atoms with Crippen LogP contribution in [0.2, 0.25) is 0 Å². The monoisotopic (exact) mass is 475 g/mol. The number of aryl methyl sites for hydroxylation is 1. The van der Waals surface area contributed by atoms with Gasteiger partial charge in [0.1, 0.15) is 12.4 Å². The third kappa shape index (κ3) is 5.17. The molecule has 0 bridgehead atoms. The number of ether oxygens (including phenoxy) is 3. The predicted octanol–water partition coefficient (Wildman–Crippen LogP) is 4.81. The van der Waals surface area contributed by atoms with Crippen molar-refractivity contribution in [3.63, 3.8) is 0 Å². The van der Waals surface area contributed by atoms with Crippen LogP contribution in [0.1, 0.15) is 55.2 Å².